The number of hydrogen-bond acceptors (Lipinski definition) is 5. The molecule has 2 aromatic rings. The van der Waals surface area contributed by atoms with Crippen molar-refractivity contribution in [1.29, 1.82) is 0 Å². The van der Waals surface area contributed by atoms with Crippen LogP contribution in [0, 0.1) is 17.0 Å². The molecule has 0 amide bonds. The second-order valence-electron chi connectivity index (χ2n) is 5.11. The molecule has 0 saturated carbocycles. The number of nitro benzene ring substituents is 1. The highest BCUT2D eigenvalue weighted by Crippen LogP contribution is 2.37. The fourth-order valence-corrected chi connectivity index (χ4v) is 2.44. The number of ether oxygens (including phenoxy) is 2. The normalized spacial score (nSPS) is 14.5. The fourth-order valence-electron chi connectivity index (χ4n) is 2.44. The molecule has 1 aliphatic heterocycles. The van der Waals surface area contributed by atoms with Crippen molar-refractivity contribution in [3.8, 4) is 11.5 Å². The van der Waals surface area contributed by atoms with Crippen molar-refractivity contribution in [2.75, 3.05) is 7.11 Å². The van der Waals surface area contributed by atoms with Crippen LogP contribution in [-0.2, 0) is 0 Å². The average Bonchev–Trinajstić information content (AvgIpc) is 2.84. The van der Waals surface area contributed by atoms with Gasteiger partial charge in [-0.05, 0) is 42.3 Å². The minimum absolute atomic E-state index is 0.00492. The number of methoxy groups -OCH3 is 1. The quantitative estimate of drug-likeness (QED) is 0.492. The number of benzene rings is 2. The van der Waals surface area contributed by atoms with E-state index in [1.165, 1.54) is 12.1 Å². The number of allylic oxidation sites excluding steroid dienone is 1. The zero-order valence-corrected chi connectivity index (χ0v) is 12.5. The molecule has 0 bridgehead atoms. The molecule has 0 spiro atoms. The Balaban J connectivity index is 1.95. The molecule has 0 saturated heterocycles. The van der Waals surface area contributed by atoms with Gasteiger partial charge in [-0.25, -0.2) is 0 Å². The molecule has 1 heterocycles. The van der Waals surface area contributed by atoms with Crippen molar-refractivity contribution in [3.63, 3.8) is 0 Å². The Bertz CT molecular complexity index is 837. The van der Waals surface area contributed by atoms with E-state index in [2.05, 4.69) is 0 Å². The summed E-state index contributed by atoms with van der Waals surface area (Å²) in [5.41, 5.74) is 1.93. The van der Waals surface area contributed by atoms with E-state index < -0.39 is 4.92 Å². The molecule has 1 aliphatic rings. The largest absolute Gasteiger partial charge is 0.497 e. The predicted octanol–water partition coefficient (Wildman–Crippen LogP) is 3.53. The van der Waals surface area contributed by atoms with Crippen LogP contribution in [0.3, 0.4) is 0 Å². The number of fused-ring (bicyclic) bond motifs is 1. The van der Waals surface area contributed by atoms with Crippen LogP contribution >= 0.6 is 0 Å². The van der Waals surface area contributed by atoms with E-state index in [1.807, 2.05) is 6.92 Å². The van der Waals surface area contributed by atoms with Gasteiger partial charge < -0.3 is 9.47 Å². The minimum atomic E-state index is -0.473. The molecule has 0 atom stereocenters. The first-order valence-electron chi connectivity index (χ1n) is 6.87. The third-order valence-corrected chi connectivity index (χ3v) is 3.58. The lowest BCUT2D eigenvalue weighted by atomic mass is 10.0. The van der Waals surface area contributed by atoms with Gasteiger partial charge in [0.1, 0.15) is 11.5 Å². The number of nitrogens with zero attached hydrogens (tertiary/aromatic N) is 1. The Morgan fingerprint density at radius 3 is 2.52 bits per heavy atom. The lowest BCUT2D eigenvalue weighted by Crippen LogP contribution is -1.99. The molecule has 3 rings (SSSR count). The molecule has 0 aliphatic carbocycles. The zero-order chi connectivity index (χ0) is 16.6. The van der Waals surface area contributed by atoms with Crippen LogP contribution in [-0.4, -0.2) is 17.8 Å². The Morgan fingerprint density at radius 2 is 1.91 bits per heavy atom. The topological polar surface area (TPSA) is 78.7 Å². The van der Waals surface area contributed by atoms with Crippen LogP contribution in [0.1, 0.15) is 21.5 Å². The first-order valence-corrected chi connectivity index (χ1v) is 6.87. The van der Waals surface area contributed by atoms with Crippen molar-refractivity contribution in [2.45, 2.75) is 6.92 Å². The summed E-state index contributed by atoms with van der Waals surface area (Å²) in [6, 6.07) is 9.34. The van der Waals surface area contributed by atoms with Crippen molar-refractivity contribution < 1.29 is 19.2 Å². The minimum Gasteiger partial charge on any atom is -0.497 e. The summed E-state index contributed by atoms with van der Waals surface area (Å²) < 4.78 is 10.8. The van der Waals surface area contributed by atoms with E-state index in [0.29, 0.717) is 22.6 Å². The van der Waals surface area contributed by atoms with Crippen LogP contribution < -0.4 is 9.47 Å². The number of nitro groups is 1. The van der Waals surface area contributed by atoms with Gasteiger partial charge >= 0.3 is 0 Å². The Kier molecular flexibility index (Phi) is 3.57. The molecule has 23 heavy (non-hydrogen) atoms. The number of hydrogen-bond donors (Lipinski definition) is 0. The molecule has 0 N–H and O–H groups in total. The summed E-state index contributed by atoms with van der Waals surface area (Å²) in [7, 11) is 1.55. The zero-order valence-electron chi connectivity index (χ0n) is 12.5. The van der Waals surface area contributed by atoms with E-state index in [-0.39, 0.29) is 17.2 Å². The van der Waals surface area contributed by atoms with E-state index in [9.17, 15) is 14.9 Å². The van der Waals surface area contributed by atoms with Crippen molar-refractivity contribution in [2.24, 2.45) is 0 Å². The summed E-state index contributed by atoms with van der Waals surface area (Å²) in [6.07, 6.45) is 1.57. The molecular weight excluding hydrogens is 298 g/mol. The third kappa shape index (κ3) is 2.66. The number of carbonyl (C=O) groups is 1. The molecule has 2 aromatic carbocycles. The van der Waals surface area contributed by atoms with Gasteiger partial charge in [0, 0.05) is 18.2 Å². The maximum atomic E-state index is 12.5. The maximum absolute atomic E-state index is 12.5. The molecule has 6 nitrogen and oxygen atoms in total. The van der Waals surface area contributed by atoms with E-state index in [0.717, 1.165) is 5.56 Å². The third-order valence-electron chi connectivity index (χ3n) is 3.58. The van der Waals surface area contributed by atoms with Crippen LogP contribution in [0.5, 0.6) is 11.5 Å². The van der Waals surface area contributed by atoms with Gasteiger partial charge in [-0.3, -0.25) is 14.9 Å². The Hall–Kier alpha value is -3.15. The summed E-state index contributed by atoms with van der Waals surface area (Å²) in [6.45, 7) is 1.82. The first kappa shape index (κ1) is 14.8. The number of non-ortho nitro benzene ring substituents is 1. The second-order valence-corrected chi connectivity index (χ2v) is 5.11. The smallest absolute Gasteiger partial charge is 0.269 e. The van der Waals surface area contributed by atoms with Gasteiger partial charge in [0.15, 0.2) is 5.76 Å². The monoisotopic (exact) mass is 311 g/mol. The van der Waals surface area contributed by atoms with Crippen LogP contribution in [0.2, 0.25) is 0 Å². The van der Waals surface area contributed by atoms with Crippen LogP contribution in [0.25, 0.3) is 6.08 Å². The highest BCUT2D eigenvalue weighted by molar-refractivity contribution is 6.15. The molecule has 0 aromatic heterocycles. The van der Waals surface area contributed by atoms with E-state index in [1.54, 1.807) is 37.5 Å². The summed E-state index contributed by atoms with van der Waals surface area (Å²) in [5, 5.41) is 10.7. The lowest BCUT2D eigenvalue weighted by molar-refractivity contribution is -0.384. The SMILES string of the molecule is COc1cc(C)c2c(c1)O/C(=C\c1ccc([N+](=O)[O-])cc1)C2=O. The van der Waals surface area contributed by atoms with Crippen molar-refractivity contribution in [3.05, 3.63) is 69.0 Å². The number of aryl methyl sites for hydroxylation is 1. The van der Waals surface area contributed by atoms with Gasteiger partial charge in [-0.1, -0.05) is 0 Å². The standard InChI is InChI=1S/C17H13NO5/c1-10-7-13(22-2)9-14-16(10)17(19)15(23-14)8-11-3-5-12(6-4-11)18(20)21/h3-9H,1-2H3/b15-8-. The number of rotatable bonds is 3. The second kappa shape index (κ2) is 5.57. The highest BCUT2D eigenvalue weighted by Gasteiger charge is 2.29. The average molecular weight is 311 g/mol. The fraction of sp³-hybridized carbons (Fsp3) is 0.118. The van der Waals surface area contributed by atoms with Gasteiger partial charge in [0.05, 0.1) is 17.6 Å². The summed E-state index contributed by atoms with van der Waals surface area (Å²) in [4.78, 5) is 22.6. The molecule has 0 fully saturated rings. The first-order chi connectivity index (χ1) is 11.0. The van der Waals surface area contributed by atoms with Gasteiger partial charge in [0.2, 0.25) is 5.78 Å². The Labute approximate surface area is 132 Å². The van der Waals surface area contributed by atoms with Crippen molar-refractivity contribution in [1.82, 2.24) is 0 Å². The van der Waals surface area contributed by atoms with Gasteiger partial charge in [-0.2, -0.15) is 0 Å². The number of carbonyl (C=O) groups excluding carboxylic acids is 1. The number of Topliss-reactive ketones (excluding diaryl/α,β-unsaturated/α-hetero) is 1. The van der Waals surface area contributed by atoms with E-state index in [4.69, 9.17) is 9.47 Å². The number of ketones is 1. The van der Waals surface area contributed by atoms with Crippen molar-refractivity contribution >= 4 is 17.5 Å². The maximum Gasteiger partial charge on any atom is 0.269 e. The summed E-state index contributed by atoms with van der Waals surface area (Å²) >= 11 is 0. The predicted molar refractivity (Wildman–Crippen MR) is 83.8 cm³/mol. The van der Waals surface area contributed by atoms with Gasteiger partial charge in [-0.15, -0.1) is 0 Å². The summed E-state index contributed by atoms with van der Waals surface area (Å²) in [5.74, 6) is 1.05. The molecule has 0 radical (unpaired) electrons. The van der Waals surface area contributed by atoms with E-state index >= 15 is 0 Å². The van der Waals surface area contributed by atoms with Crippen LogP contribution in [0.4, 0.5) is 5.69 Å². The molecular formula is C17H13NO5. The molecule has 6 heteroatoms. The Morgan fingerprint density at radius 1 is 1.22 bits per heavy atom. The lowest BCUT2D eigenvalue weighted by Gasteiger charge is -2.04. The van der Waals surface area contributed by atoms with Gasteiger partial charge in [0.25, 0.3) is 5.69 Å². The molecule has 116 valence electrons. The van der Waals surface area contributed by atoms with Crippen LogP contribution in [0.15, 0.2) is 42.2 Å². The molecule has 0 unspecified atom stereocenters. The highest BCUT2D eigenvalue weighted by atomic mass is 16.6.